The molecule has 0 atom stereocenters. The van der Waals surface area contributed by atoms with Crippen LogP contribution in [-0.4, -0.2) is 39.7 Å². The van der Waals surface area contributed by atoms with Crippen molar-refractivity contribution in [2.45, 2.75) is 34.6 Å². The lowest BCUT2D eigenvalue weighted by Crippen LogP contribution is -2.44. The van der Waals surface area contributed by atoms with Crippen LogP contribution in [0.2, 0.25) is 0 Å². The van der Waals surface area contributed by atoms with Crippen molar-refractivity contribution in [1.82, 2.24) is 0 Å². The van der Waals surface area contributed by atoms with Gasteiger partial charge in [-0.05, 0) is 45.9 Å². The van der Waals surface area contributed by atoms with Gasteiger partial charge in [0.15, 0.2) is 0 Å². The molecule has 0 heterocycles. The fraction of sp³-hybridized carbons (Fsp3) is 0.381. The second-order valence-electron chi connectivity index (χ2n) is 5.00. The average molecular weight is 395 g/mol. The van der Waals surface area contributed by atoms with Crippen molar-refractivity contribution in [2.24, 2.45) is 0 Å². The zero-order valence-corrected chi connectivity index (χ0v) is 18.2. The van der Waals surface area contributed by atoms with Gasteiger partial charge < -0.3 is 18.4 Å². The Morgan fingerprint density at radius 2 is 1.48 bits per heavy atom. The van der Waals surface area contributed by atoms with E-state index >= 15 is 0 Å². The van der Waals surface area contributed by atoms with E-state index in [4.69, 9.17) is 18.4 Å². The van der Waals surface area contributed by atoms with Gasteiger partial charge in [0, 0.05) is 25.4 Å². The minimum absolute atomic E-state index is 0.389. The molecule has 6 heteroatoms. The van der Waals surface area contributed by atoms with Crippen LogP contribution in [-0.2, 0) is 18.1 Å². The largest absolute Gasteiger partial charge is 0.528 e. The van der Waals surface area contributed by atoms with Gasteiger partial charge in [0.2, 0.25) is 0 Å². The topological polar surface area (TPSA) is 65.0 Å². The Bertz CT molecular complexity index is 538. The first-order chi connectivity index (χ1) is 12.9. The monoisotopic (exact) mass is 394 g/mol. The molecule has 1 N–H and O–H groups in total. The van der Waals surface area contributed by atoms with Gasteiger partial charge in [-0.2, -0.15) is 0 Å². The predicted molar refractivity (Wildman–Crippen MR) is 114 cm³/mol. The molecule has 0 saturated carbocycles. The van der Waals surface area contributed by atoms with E-state index in [9.17, 15) is 4.79 Å². The first-order valence-electron chi connectivity index (χ1n) is 8.95. The molecule has 27 heavy (non-hydrogen) atoms. The molecule has 0 spiro atoms. The van der Waals surface area contributed by atoms with E-state index in [1.165, 1.54) is 5.56 Å². The highest BCUT2D eigenvalue weighted by atomic mass is 28.4. The summed E-state index contributed by atoms with van der Waals surface area (Å²) in [6.07, 6.45) is 3.39. The van der Waals surface area contributed by atoms with Crippen molar-refractivity contribution in [3.8, 4) is 0 Å². The summed E-state index contributed by atoms with van der Waals surface area (Å²) in [6.45, 7) is 18.1. The smallest absolute Gasteiger partial charge is 0.478 e. The molecule has 1 aromatic carbocycles. The molecule has 0 aromatic heterocycles. The molecule has 1 rings (SSSR count). The van der Waals surface area contributed by atoms with Crippen molar-refractivity contribution >= 4 is 20.8 Å². The molecule has 0 aliphatic rings. The van der Waals surface area contributed by atoms with E-state index < -0.39 is 14.8 Å². The molecule has 0 bridgehead atoms. The minimum atomic E-state index is -2.51. The zero-order valence-electron chi connectivity index (χ0n) is 17.2. The number of allylic oxidation sites excluding steroid dienone is 1. The molecular weight excluding hydrogens is 360 g/mol. The third-order valence-corrected chi connectivity index (χ3v) is 5.67. The number of aliphatic carboxylic acids is 1. The van der Waals surface area contributed by atoms with Crippen LogP contribution in [0.5, 0.6) is 0 Å². The molecule has 0 unspecified atom stereocenters. The van der Waals surface area contributed by atoms with Gasteiger partial charge in [0.1, 0.15) is 0 Å². The first-order valence-corrected chi connectivity index (χ1v) is 10.8. The number of hydrogen-bond donors (Lipinski definition) is 1. The fourth-order valence-corrected chi connectivity index (χ4v) is 3.43. The maximum atomic E-state index is 9.86. The van der Waals surface area contributed by atoms with Crippen LogP contribution >= 0.6 is 0 Å². The second-order valence-corrected chi connectivity index (χ2v) is 7.48. The quantitative estimate of drug-likeness (QED) is 0.465. The molecule has 0 aliphatic heterocycles. The third-order valence-electron chi connectivity index (χ3n) is 3.09. The molecule has 0 aliphatic carbocycles. The summed E-state index contributed by atoms with van der Waals surface area (Å²) in [5.41, 5.74) is 3.23. The molecule has 1 aromatic rings. The van der Waals surface area contributed by atoms with Gasteiger partial charge in [-0.1, -0.05) is 55.6 Å². The highest BCUT2D eigenvalue weighted by Crippen LogP contribution is 2.10. The summed E-state index contributed by atoms with van der Waals surface area (Å²) >= 11 is 0. The number of carbonyl (C=O) groups is 1. The van der Waals surface area contributed by atoms with Gasteiger partial charge in [-0.3, -0.25) is 0 Å². The Morgan fingerprint density at radius 3 is 1.67 bits per heavy atom. The Morgan fingerprint density at radius 1 is 1.04 bits per heavy atom. The van der Waals surface area contributed by atoms with Crippen LogP contribution in [0.25, 0.3) is 6.08 Å². The van der Waals surface area contributed by atoms with E-state index in [2.05, 4.69) is 13.2 Å². The van der Waals surface area contributed by atoms with Crippen LogP contribution in [0.15, 0.2) is 60.8 Å². The summed E-state index contributed by atoms with van der Waals surface area (Å²) in [4.78, 5) is 9.86. The predicted octanol–water partition coefficient (Wildman–Crippen LogP) is 5.13. The molecule has 0 saturated heterocycles. The number of hydrogen-bond acceptors (Lipinski definition) is 4. The van der Waals surface area contributed by atoms with Crippen LogP contribution in [0.4, 0.5) is 0 Å². The van der Waals surface area contributed by atoms with Gasteiger partial charge in [0.25, 0.3) is 0 Å². The fourth-order valence-electron chi connectivity index (χ4n) is 1.62. The van der Waals surface area contributed by atoms with Crippen molar-refractivity contribution < 1.29 is 23.2 Å². The van der Waals surface area contributed by atoms with Crippen LogP contribution < -0.4 is 0 Å². The standard InChI is InChI=1S/C8H18O3Si.C8H8.C5H8O2/c1-5-9-12(8-4,10-6-2)11-7-3;1-2-8-6-4-3-5-7-8;1-3-4(2)5(6)7/h8H,4-7H2,1-3H3;2-7H,1H2;3H,1-2H3,(H,6,7). The summed E-state index contributed by atoms with van der Waals surface area (Å²) < 4.78 is 16.3. The van der Waals surface area contributed by atoms with Crippen LogP contribution in [0, 0.1) is 0 Å². The van der Waals surface area contributed by atoms with E-state index in [0.717, 1.165) is 0 Å². The summed E-state index contributed by atoms with van der Waals surface area (Å²) in [5.74, 6) is -0.845. The Balaban J connectivity index is 0. The number of benzene rings is 1. The van der Waals surface area contributed by atoms with E-state index in [1.54, 1.807) is 25.6 Å². The molecular formula is C21H34O5Si. The lowest BCUT2D eigenvalue weighted by molar-refractivity contribution is -0.132. The van der Waals surface area contributed by atoms with E-state index in [-0.39, 0.29) is 0 Å². The number of carboxylic acids is 1. The number of rotatable bonds is 9. The maximum absolute atomic E-state index is 9.86. The summed E-state index contributed by atoms with van der Waals surface area (Å²) in [7, 11) is -2.51. The van der Waals surface area contributed by atoms with E-state index in [1.807, 2.05) is 57.2 Å². The van der Waals surface area contributed by atoms with Crippen molar-refractivity contribution in [3.05, 3.63) is 66.4 Å². The van der Waals surface area contributed by atoms with Gasteiger partial charge >= 0.3 is 14.8 Å². The first kappa shape index (κ1) is 27.2. The summed E-state index contributed by atoms with van der Waals surface area (Å²) in [6, 6.07) is 10.0. The van der Waals surface area contributed by atoms with Crippen molar-refractivity contribution in [1.29, 1.82) is 0 Å². The van der Waals surface area contributed by atoms with Gasteiger partial charge in [0.05, 0.1) is 0 Å². The lowest BCUT2D eigenvalue weighted by atomic mass is 10.2. The minimum Gasteiger partial charge on any atom is -0.478 e. The Labute approximate surface area is 165 Å². The number of carboxylic acid groups (broad SMARTS) is 1. The van der Waals surface area contributed by atoms with Crippen molar-refractivity contribution in [2.75, 3.05) is 19.8 Å². The van der Waals surface area contributed by atoms with Crippen LogP contribution in [0.1, 0.15) is 40.2 Å². The molecule has 0 amide bonds. The molecule has 5 nitrogen and oxygen atoms in total. The highest BCUT2D eigenvalue weighted by Gasteiger charge is 2.36. The molecule has 0 radical (unpaired) electrons. The van der Waals surface area contributed by atoms with E-state index in [0.29, 0.717) is 25.4 Å². The average Bonchev–Trinajstić information content (AvgIpc) is 2.69. The van der Waals surface area contributed by atoms with Gasteiger partial charge in [-0.25, -0.2) is 4.79 Å². The normalized spacial score (nSPS) is 10.6. The Hall–Kier alpha value is -1.99. The lowest BCUT2D eigenvalue weighted by Gasteiger charge is -2.24. The van der Waals surface area contributed by atoms with Crippen LogP contribution in [0.3, 0.4) is 0 Å². The summed E-state index contributed by atoms with van der Waals surface area (Å²) in [5, 5.41) is 8.11. The zero-order chi connectivity index (χ0) is 21.1. The van der Waals surface area contributed by atoms with Crippen molar-refractivity contribution in [3.63, 3.8) is 0 Å². The highest BCUT2D eigenvalue weighted by molar-refractivity contribution is 6.66. The molecule has 152 valence electrons. The van der Waals surface area contributed by atoms with Gasteiger partial charge in [-0.15, -0.1) is 0 Å². The maximum Gasteiger partial charge on any atom is 0.528 e. The third kappa shape index (κ3) is 13.8. The molecule has 0 fully saturated rings. The Kier molecular flexibility index (Phi) is 17.6. The SMILES string of the molecule is C=C[Si](OCC)(OCC)OCC.C=Cc1ccccc1.CC=C(C)C(=O)O. The second kappa shape index (κ2) is 17.4.